The van der Waals surface area contributed by atoms with Crippen molar-refractivity contribution >= 4 is 17.5 Å². The van der Waals surface area contributed by atoms with Gasteiger partial charge in [-0.3, -0.25) is 4.79 Å². The summed E-state index contributed by atoms with van der Waals surface area (Å²) < 4.78 is 4.99. The number of aromatic hydroxyl groups is 1. The topological polar surface area (TPSA) is 71.5 Å². The molecule has 1 amide bonds. The molecule has 106 valence electrons. The highest BCUT2D eigenvalue weighted by Crippen LogP contribution is 2.71. The second-order valence-electron chi connectivity index (χ2n) is 5.87. The Morgan fingerprint density at radius 2 is 2.30 bits per heavy atom. The van der Waals surface area contributed by atoms with Gasteiger partial charge in [0.05, 0.1) is 7.11 Å². The van der Waals surface area contributed by atoms with Gasteiger partial charge in [-0.1, -0.05) is 0 Å². The summed E-state index contributed by atoms with van der Waals surface area (Å²) >= 11 is 6.36. The second-order valence-corrected chi connectivity index (χ2v) is 6.38. The fourth-order valence-corrected chi connectivity index (χ4v) is 4.86. The lowest BCUT2D eigenvalue weighted by molar-refractivity contribution is 0.0919. The Morgan fingerprint density at radius 3 is 2.85 bits per heavy atom. The maximum Gasteiger partial charge on any atom is 0.274 e. The number of hydrogen-bond acceptors (Lipinski definition) is 4. The van der Waals surface area contributed by atoms with Crippen molar-refractivity contribution in [3.63, 3.8) is 0 Å². The van der Waals surface area contributed by atoms with Crippen LogP contribution in [0.2, 0.25) is 0 Å². The zero-order valence-electron chi connectivity index (χ0n) is 10.9. The van der Waals surface area contributed by atoms with Gasteiger partial charge in [-0.05, 0) is 30.1 Å². The van der Waals surface area contributed by atoms with Gasteiger partial charge >= 0.3 is 0 Å². The molecule has 5 nitrogen and oxygen atoms in total. The number of carbonyl (C=O) groups excluding carboxylic acids is 1. The van der Waals surface area contributed by atoms with Crippen molar-refractivity contribution in [2.45, 2.75) is 17.8 Å². The van der Waals surface area contributed by atoms with Gasteiger partial charge in [0.25, 0.3) is 5.91 Å². The molecule has 6 unspecified atom stereocenters. The smallest absolute Gasteiger partial charge is 0.274 e. The lowest BCUT2D eigenvalue weighted by Gasteiger charge is -2.18. The Hall–Kier alpha value is -1.49. The Bertz CT molecular complexity index is 594. The van der Waals surface area contributed by atoms with Gasteiger partial charge in [-0.15, -0.1) is 11.6 Å². The summed E-state index contributed by atoms with van der Waals surface area (Å²) in [5.41, 5.74) is 0.0109. The molecule has 4 fully saturated rings. The third kappa shape index (κ3) is 1.44. The summed E-state index contributed by atoms with van der Waals surface area (Å²) in [7, 11) is 1.44. The molecule has 2 N–H and O–H groups in total. The molecule has 6 atom stereocenters. The van der Waals surface area contributed by atoms with Crippen molar-refractivity contribution in [1.29, 1.82) is 0 Å². The SMILES string of the molecule is COc1ccnc(C(=O)NC2C3CC4C(C3Cl)C42)c1O. The third-order valence-electron chi connectivity index (χ3n) is 5.11. The molecule has 0 saturated heterocycles. The largest absolute Gasteiger partial charge is 0.503 e. The molecule has 0 aromatic carbocycles. The highest BCUT2D eigenvalue weighted by molar-refractivity contribution is 6.22. The zero-order valence-corrected chi connectivity index (χ0v) is 11.7. The number of pyridine rings is 1. The van der Waals surface area contributed by atoms with Crippen LogP contribution in [-0.2, 0) is 0 Å². The van der Waals surface area contributed by atoms with E-state index in [0.717, 1.165) is 6.42 Å². The number of amides is 1. The molecule has 1 aromatic heterocycles. The van der Waals surface area contributed by atoms with Crippen LogP contribution in [0.25, 0.3) is 0 Å². The van der Waals surface area contributed by atoms with Crippen molar-refractivity contribution in [2.75, 3.05) is 7.11 Å². The number of aromatic nitrogens is 1. The van der Waals surface area contributed by atoms with E-state index in [2.05, 4.69) is 10.3 Å². The van der Waals surface area contributed by atoms with E-state index in [1.807, 2.05) is 0 Å². The van der Waals surface area contributed by atoms with E-state index in [-0.39, 0.29) is 34.5 Å². The monoisotopic (exact) mass is 294 g/mol. The van der Waals surface area contributed by atoms with Crippen LogP contribution in [-0.4, -0.2) is 34.5 Å². The molecule has 4 aliphatic rings. The predicted octanol–water partition coefficient (Wildman–Crippen LogP) is 1.40. The van der Waals surface area contributed by atoms with Crippen LogP contribution in [0.15, 0.2) is 12.3 Å². The number of carbonyl (C=O) groups is 1. The Balaban J connectivity index is 1.55. The molecule has 5 rings (SSSR count). The number of nitrogens with zero attached hydrogens (tertiary/aromatic N) is 1. The van der Waals surface area contributed by atoms with Crippen molar-refractivity contribution in [3.8, 4) is 11.5 Å². The summed E-state index contributed by atoms with van der Waals surface area (Å²) in [5.74, 6) is 1.85. The van der Waals surface area contributed by atoms with E-state index in [4.69, 9.17) is 16.3 Å². The zero-order chi connectivity index (χ0) is 14.0. The normalized spacial score (nSPS) is 39.7. The van der Waals surface area contributed by atoms with Crippen molar-refractivity contribution in [2.24, 2.45) is 23.7 Å². The number of hydrogen-bond donors (Lipinski definition) is 2. The quantitative estimate of drug-likeness (QED) is 0.827. The molecule has 0 aliphatic heterocycles. The van der Waals surface area contributed by atoms with Crippen molar-refractivity contribution in [1.82, 2.24) is 10.3 Å². The van der Waals surface area contributed by atoms with E-state index in [1.54, 1.807) is 0 Å². The van der Waals surface area contributed by atoms with Gasteiger partial charge in [0.1, 0.15) is 0 Å². The molecular weight excluding hydrogens is 280 g/mol. The highest BCUT2D eigenvalue weighted by atomic mass is 35.5. The second kappa shape index (κ2) is 4.01. The van der Waals surface area contributed by atoms with Gasteiger partial charge in [0, 0.05) is 23.7 Å². The summed E-state index contributed by atoms with van der Waals surface area (Å²) in [6, 6.07) is 1.65. The van der Waals surface area contributed by atoms with Gasteiger partial charge < -0.3 is 15.2 Å². The Kier molecular flexibility index (Phi) is 2.46. The van der Waals surface area contributed by atoms with Crippen LogP contribution in [0.5, 0.6) is 11.5 Å². The minimum absolute atomic E-state index is 0.0109. The first-order chi connectivity index (χ1) is 9.63. The minimum Gasteiger partial charge on any atom is -0.503 e. The van der Waals surface area contributed by atoms with Crippen LogP contribution < -0.4 is 10.1 Å². The van der Waals surface area contributed by atoms with Crippen molar-refractivity contribution < 1.29 is 14.6 Å². The van der Waals surface area contributed by atoms with E-state index in [9.17, 15) is 9.90 Å². The first-order valence-electron chi connectivity index (χ1n) is 6.80. The molecule has 6 heteroatoms. The fraction of sp³-hybridized carbons (Fsp3) is 0.571. The average molecular weight is 295 g/mol. The molecule has 1 heterocycles. The van der Waals surface area contributed by atoms with Crippen molar-refractivity contribution in [3.05, 3.63) is 18.0 Å². The lowest BCUT2D eigenvalue weighted by Crippen LogP contribution is -2.39. The van der Waals surface area contributed by atoms with Crippen LogP contribution in [0, 0.1) is 23.7 Å². The Labute approximate surface area is 121 Å². The van der Waals surface area contributed by atoms with Gasteiger partial charge in [-0.25, -0.2) is 4.98 Å². The molecule has 4 bridgehead atoms. The number of halogens is 1. The maximum absolute atomic E-state index is 12.3. The molecule has 0 spiro atoms. The summed E-state index contributed by atoms with van der Waals surface area (Å²) in [5, 5.41) is 13.2. The molecule has 4 aliphatic carbocycles. The van der Waals surface area contributed by atoms with Gasteiger partial charge in [0.2, 0.25) is 0 Å². The number of nitrogens with one attached hydrogen (secondary N) is 1. The van der Waals surface area contributed by atoms with Crippen LogP contribution in [0.3, 0.4) is 0 Å². The van der Waals surface area contributed by atoms with Gasteiger partial charge in [0.15, 0.2) is 17.2 Å². The van der Waals surface area contributed by atoms with Gasteiger partial charge in [-0.2, -0.15) is 0 Å². The number of alkyl halides is 1. The molecular formula is C14H15ClN2O3. The minimum atomic E-state index is -0.353. The molecule has 4 saturated carbocycles. The molecule has 20 heavy (non-hydrogen) atoms. The number of rotatable bonds is 3. The first kappa shape index (κ1) is 12.3. The van der Waals surface area contributed by atoms with E-state index >= 15 is 0 Å². The van der Waals surface area contributed by atoms with E-state index in [0.29, 0.717) is 23.7 Å². The number of ether oxygens (including phenoxy) is 1. The molecule has 1 aromatic rings. The fourth-order valence-electron chi connectivity index (χ4n) is 4.25. The summed E-state index contributed by atoms with van der Waals surface area (Å²) in [6.07, 6.45) is 2.57. The standard InChI is InChI=1S/C14H15ClN2O3/c1-20-7-2-3-16-12(13(7)18)14(19)17-11-6-4-5-8(9(5)11)10(6)15/h2-3,5-6,8-11,18H,4H2,1H3,(H,17,19). The Morgan fingerprint density at radius 1 is 1.50 bits per heavy atom. The predicted molar refractivity (Wildman–Crippen MR) is 71.9 cm³/mol. The van der Waals surface area contributed by atoms with Crippen LogP contribution in [0.1, 0.15) is 16.9 Å². The third-order valence-corrected chi connectivity index (χ3v) is 5.72. The average Bonchev–Trinajstić information content (AvgIpc) is 2.76. The van der Waals surface area contributed by atoms with E-state index < -0.39 is 0 Å². The lowest BCUT2D eigenvalue weighted by atomic mass is 10.1. The van der Waals surface area contributed by atoms with E-state index in [1.165, 1.54) is 19.4 Å². The molecule has 0 radical (unpaired) electrons. The number of methoxy groups -OCH3 is 1. The summed E-state index contributed by atoms with van der Waals surface area (Å²) in [6.45, 7) is 0. The van der Waals surface area contributed by atoms with Crippen LogP contribution in [0.4, 0.5) is 0 Å². The maximum atomic E-state index is 12.3. The first-order valence-corrected chi connectivity index (χ1v) is 7.24. The highest BCUT2D eigenvalue weighted by Gasteiger charge is 2.73. The van der Waals surface area contributed by atoms with Crippen LogP contribution >= 0.6 is 11.6 Å². The summed E-state index contributed by atoms with van der Waals surface area (Å²) in [4.78, 5) is 16.2.